The minimum absolute atomic E-state index is 0. The molecule has 4 aliphatic rings. The van der Waals surface area contributed by atoms with Gasteiger partial charge in [-0.25, -0.2) is 9.98 Å². The van der Waals surface area contributed by atoms with Gasteiger partial charge in [-0.1, -0.05) is 6.08 Å². The van der Waals surface area contributed by atoms with Crippen molar-refractivity contribution in [2.24, 2.45) is 9.98 Å². The van der Waals surface area contributed by atoms with Crippen LogP contribution in [0, 0.1) is 0 Å². The van der Waals surface area contributed by atoms with E-state index in [-0.39, 0.29) is 57.4 Å². The first kappa shape index (κ1) is 16.9. The topological polar surface area (TPSA) is 52.5 Å². The summed E-state index contributed by atoms with van der Waals surface area (Å²) in [5.41, 5.74) is 5.02. The number of hydrogen-bond donors (Lipinski definition) is 2. The first-order chi connectivity index (χ1) is 11.8. The van der Waals surface area contributed by atoms with Crippen molar-refractivity contribution in [1.82, 2.24) is 10.3 Å². The molecule has 0 saturated carbocycles. The molecule has 4 aliphatic heterocycles. The number of aliphatic imine (C=N–C) groups is 2. The Bertz CT molecular complexity index is 1060. The number of H-pyrrole nitrogens is 1. The molecular formula is C20H16KN4. The molecule has 5 heterocycles. The molecule has 117 valence electrons. The van der Waals surface area contributed by atoms with Crippen molar-refractivity contribution in [2.75, 3.05) is 0 Å². The predicted molar refractivity (Wildman–Crippen MR) is 104 cm³/mol. The fourth-order valence-corrected chi connectivity index (χ4v) is 3.20. The van der Waals surface area contributed by atoms with Gasteiger partial charge in [0.25, 0.3) is 0 Å². The van der Waals surface area contributed by atoms with Crippen LogP contribution in [0.1, 0.15) is 6.42 Å². The summed E-state index contributed by atoms with van der Waals surface area (Å²) in [5.74, 6) is 0. The second-order valence-corrected chi connectivity index (χ2v) is 6.20. The number of nitrogens with zero attached hydrogens (tertiary/aromatic N) is 2. The summed E-state index contributed by atoms with van der Waals surface area (Å²) in [5, 5.41) is 5.59. The van der Waals surface area contributed by atoms with Crippen molar-refractivity contribution in [1.29, 1.82) is 0 Å². The molecule has 5 heteroatoms. The van der Waals surface area contributed by atoms with Crippen LogP contribution in [0.3, 0.4) is 0 Å². The van der Waals surface area contributed by atoms with Gasteiger partial charge in [0.05, 0.1) is 28.9 Å². The molecule has 1 unspecified atom stereocenters. The summed E-state index contributed by atoms with van der Waals surface area (Å²) >= 11 is 0. The third kappa shape index (κ3) is 3.71. The summed E-state index contributed by atoms with van der Waals surface area (Å²) in [6, 6.07) is 4.40. The summed E-state index contributed by atoms with van der Waals surface area (Å²) in [6.45, 7) is 0. The predicted octanol–water partition coefficient (Wildman–Crippen LogP) is 1.24. The summed E-state index contributed by atoms with van der Waals surface area (Å²) in [7, 11) is 0. The number of aromatic amines is 1. The third-order valence-corrected chi connectivity index (χ3v) is 4.32. The average Bonchev–Trinajstić information content (AvgIpc) is 3.32. The van der Waals surface area contributed by atoms with E-state index in [2.05, 4.69) is 68.9 Å². The number of fused-ring (bicyclic) bond motifs is 6. The quantitative estimate of drug-likeness (QED) is 0.679. The van der Waals surface area contributed by atoms with Gasteiger partial charge in [0.15, 0.2) is 0 Å². The van der Waals surface area contributed by atoms with Crippen LogP contribution in [0.4, 0.5) is 0 Å². The maximum Gasteiger partial charge on any atom is 0.0658 e. The van der Waals surface area contributed by atoms with Gasteiger partial charge in [0.1, 0.15) is 0 Å². The van der Waals surface area contributed by atoms with Crippen LogP contribution < -0.4 is 16.0 Å². The van der Waals surface area contributed by atoms with Gasteiger partial charge in [-0.2, -0.15) is 0 Å². The molecular weight excluding hydrogens is 335 g/mol. The first-order valence-corrected chi connectivity index (χ1v) is 8.12. The molecule has 1 radical (unpaired) electrons. The first-order valence-electron chi connectivity index (χ1n) is 8.12. The molecule has 8 bridgehead atoms. The molecule has 25 heavy (non-hydrogen) atoms. The van der Waals surface area contributed by atoms with Crippen molar-refractivity contribution >= 4 is 75.0 Å². The van der Waals surface area contributed by atoms with Crippen molar-refractivity contribution in [2.45, 2.75) is 12.5 Å². The molecule has 5 rings (SSSR count). The smallest absolute Gasteiger partial charge is 0.0658 e. The second kappa shape index (κ2) is 7.01. The third-order valence-electron chi connectivity index (χ3n) is 4.32. The molecule has 1 aromatic rings. The standard InChI is InChI=1S/C20H16N4.K/c1-2-14-10-16-5-6-18(23-16)12-20-8-7-19(24-20)11-17-4-3-15(22-17)9-13(1)21-14;/h1-7,9-12,20-21,24H,8H2;. The second-order valence-electron chi connectivity index (χ2n) is 6.20. The van der Waals surface area contributed by atoms with E-state index < -0.39 is 0 Å². The average molecular weight is 351 g/mol. The van der Waals surface area contributed by atoms with Gasteiger partial charge >= 0.3 is 0 Å². The molecule has 2 N–H and O–H groups in total. The van der Waals surface area contributed by atoms with E-state index in [1.165, 1.54) is 0 Å². The zero-order chi connectivity index (χ0) is 15.9. The van der Waals surface area contributed by atoms with Crippen molar-refractivity contribution in [3.8, 4) is 0 Å². The Labute approximate surface area is 188 Å². The number of allylic oxidation sites excluding steroid dienone is 5. The molecule has 0 aromatic carbocycles. The van der Waals surface area contributed by atoms with Crippen LogP contribution in [0.2, 0.25) is 0 Å². The van der Waals surface area contributed by atoms with E-state index in [0.29, 0.717) is 0 Å². The van der Waals surface area contributed by atoms with Gasteiger partial charge in [-0.15, -0.1) is 0 Å². The zero-order valence-electron chi connectivity index (χ0n) is 14.0. The maximum absolute atomic E-state index is 4.68. The Morgan fingerprint density at radius 2 is 1.52 bits per heavy atom. The monoisotopic (exact) mass is 351 g/mol. The van der Waals surface area contributed by atoms with Crippen LogP contribution in [0.25, 0.3) is 12.2 Å². The number of aromatic nitrogens is 1. The van der Waals surface area contributed by atoms with Crippen molar-refractivity contribution in [3.05, 3.63) is 82.5 Å². The molecule has 4 nitrogen and oxygen atoms in total. The molecule has 0 amide bonds. The van der Waals surface area contributed by atoms with Gasteiger partial charge in [0.2, 0.25) is 0 Å². The van der Waals surface area contributed by atoms with E-state index in [4.69, 9.17) is 0 Å². The summed E-state index contributed by atoms with van der Waals surface area (Å²) in [4.78, 5) is 12.7. The van der Waals surface area contributed by atoms with Crippen LogP contribution in [0.5, 0.6) is 0 Å². The number of nitrogens with one attached hydrogen (secondary N) is 2. The summed E-state index contributed by atoms with van der Waals surface area (Å²) in [6.07, 6.45) is 19.8. The van der Waals surface area contributed by atoms with Gasteiger partial charge in [-0.3, -0.25) is 0 Å². The van der Waals surface area contributed by atoms with Crippen LogP contribution in [0.15, 0.2) is 81.7 Å². The van der Waals surface area contributed by atoms with E-state index in [9.17, 15) is 0 Å². The fourth-order valence-electron chi connectivity index (χ4n) is 3.20. The molecule has 0 spiro atoms. The Balaban J connectivity index is 0.00000157. The molecule has 0 fully saturated rings. The normalized spacial score (nSPS) is 22.6. The van der Waals surface area contributed by atoms with Crippen LogP contribution in [-0.4, -0.2) is 73.8 Å². The Morgan fingerprint density at radius 3 is 2.28 bits per heavy atom. The maximum atomic E-state index is 4.68. The van der Waals surface area contributed by atoms with Crippen molar-refractivity contribution < 1.29 is 0 Å². The number of hydrogen-bond acceptors (Lipinski definition) is 3. The summed E-state index contributed by atoms with van der Waals surface area (Å²) < 4.78 is 0. The minimum Gasteiger partial charge on any atom is -0.379 e. The van der Waals surface area contributed by atoms with Gasteiger partial charge in [-0.05, 0) is 67.2 Å². The zero-order valence-corrected chi connectivity index (χ0v) is 17.2. The Morgan fingerprint density at radius 1 is 0.840 bits per heavy atom. The van der Waals surface area contributed by atoms with E-state index in [0.717, 1.165) is 45.6 Å². The molecule has 0 saturated heterocycles. The van der Waals surface area contributed by atoms with E-state index in [1.54, 1.807) is 0 Å². The SMILES string of the molecule is C1=CC2=NC1=CC1=CCC(C=C3C=CC(=N3)C=c3ccc([nH]3)=C2)N1.[K]. The molecule has 1 atom stereocenters. The number of rotatable bonds is 0. The van der Waals surface area contributed by atoms with Gasteiger partial charge < -0.3 is 10.3 Å². The van der Waals surface area contributed by atoms with E-state index in [1.807, 2.05) is 18.2 Å². The Kier molecular flexibility index (Phi) is 4.75. The molecule has 0 aliphatic carbocycles. The fraction of sp³-hybridized carbons (Fsp3) is 0.100. The Hall–Kier alpha value is -1.50. The van der Waals surface area contributed by atoms with Crippen LogP contribution >= 0.6 is 0 Å². The van der Waals surface area contributed by atoms with Crippen molar-refractivity contribution in [3.63, 3.8) is 0 Å². The largest absolute Gasteiger partial charge is 0.379 e. The van der Waals surface area contributed by atoms with Gasteiger partial charge in [0, 0.05) is 67.8 Å². The van der Waals surface area contributed by atoms with E-state index >= 15 is 0 Å². The van der Waals surface area contributed by atoms with Crippen LogP contribution in [-0.2, 0) is 0 Å². The minimum atomic E-state index is 0. The molecule has 1 aromatic heterocycles.